The zero-order valence-electron chi connectivity index (χ0n) is 15.1. The molecule has 27 heavy (non-hydrogen) atoms. The average Bonchev–Trinajstić information content (AvgIpc) is 3.01. The molecule has 0 atom stereocenters. The lowest BCUT2D eigenvalue weighted by molar-refractivity contribution is -0.125. The molecule has 3 rings (SSSR count). The Balaban J connectivity index is 1.55. The molecule has 2 heterocycles. The number of halogens is 1. The summed E-state index contributed by atoms with van der Waals surface area (Å²) in [5.41, 5.74) is 1.40. The second kappa shape index (κ2) is 8.60. The van der Waals surface area contributed by atoms with Crippen molar-refractivity contribution in [2.45, 2.75) is 0 Å². The Morgan fingerprint density at radius 2 is 1.96 bits per heavy atom. The molecule has 0 saturated carbocycles. The van der Waals surface area contributed by atoms with Gasteiger partial charge in [0.2, 0.25) is 5.91 Å². The Kier molecular flexibility index (Phi) is 5.98. The van der Waals surface area contributed by atoms with E-state index in [-0.39, 0.29) is 5.91 Å². The van der Waals surface area contributed by atoms with Gasteiger partial charge in [0.25, 0.3) is 0 Å². The van der Waals surface area contributed by atoms with Crippen LogP contribution in [0.25, 0.3) is 11.7 Å². The maximum atomic E-state index is 12.3. The number of ether oxygens (including phenoxy) is 2. The monoisotopic (exact) mass is 385 g/mol. The summed E-state index contributed by atoms with van der Waals surface area (Å²) in [7, 11) is 3.34. The number of nitrogens with zero attached hydrogens (tertiary/aromatic N) is 3. The van der Waals surface area contributed by atoms with E-state index in [0.29, 0.717) is 24.0 Å². The molecule has 0 saturated heterocycles. The van der Waals surface area contributed by atoms with Gasteiger partial charge in [0.05, 0.1) is 19.3 Å². The third-order valence-electron chi connectivity index (χ3n) is 4.04. The maximum absolute atomic E-state index is 12.3. The van der Waals surface area contributed by atoms with E-state index in [1.54, 1.807) is 25.1 Å². The molecule has 0 bridgehead atoms. The number of aromatic nitrogens is 2. The van der Waals surface area contributed by atoms with Gasteiger partial charge in [-0.15, -0.1) is 0 Å². The molecule has 140 valence electrons. The largest absolute Gasteiger partial charge is 0.497 e. The Morgan fingerprint density at radius 1 is 1.22 bits per heavy atom. The predicted molar refractivity (Wildman–Crippen MR) is 105 cm³/mol. The third kappa shape index (κ3) is 4.60. The molecule has 0 spiro atoms. The van der Waals surface area contributed by atoms with Gasteiger partial charge in [-0.05, 0) is 42.5 Å². The van der Waals surface area contributed by atoms with Crippen molar-refractivity contribution in [2.75, 3.05) is 27.3 Å². The number of carbonyl (C=O) groups excluding carboxylic acids is 1. The van der Waals surface area contributed by atoms with E-state index in [2.05, 4.69) is 4.98 Å². The minimum Gasteiger partial charge on any atom is -0.497 e. The third-order valence-corrected chi connectivity index (χ3v) is 4.31. The average molecular weight is 386 g/mol. The number of carbonyl (C=O) groups is 1. The van der Waals surface area contributed by atoms with E-state index in [1.807, 2.05) is 53.1 Å². The van der Waals surface area contributed by atoms with Gasteiger partial charge in [-0.1, -0.05) is 17.7 Å². The molecule has 0 aliphatic carbocycles. The van der Waals surface area contributed by atoms with Crippen molar-refractivity contribution in [3.05, 3.63) is 65.6 Å². The number of rotatable bonds is 7. The fraction of sp³-hybridized carbons (Fsp3) is 0.200. The molecule has 1 amide bonds. The fourth-order valence-corrected chi connectivity index (χ4v) is 2.74. The van der Waals surface area contributed by atoms with Crippen LogP contribution in [0.1, 0.15) is 5.69 Å². The van der Waals surface area contributed by atoms with Gasteiger partial charge in [-0.3, -0.25) is 9.20 Å². The molecular formula is C20H20ClN3O3. The van der Waals surface area contributed by atoms with Crippen LogP contribution in [-0.2, 0) is 4.79 Å². The van der Waals surface area contributed by atoms with Crippen molar-refractivity contribution in [3.8, 4) is 11.5 Å². The van der Waals surface area contributed by atoms with Gasteiger partial charge in [-0.25, -0.2) is 4.98 Å². The van der Waals surface area contributed by atoms with Crippen molar-refractivity contribution >= 4 is 29.2 Å². The van der Waals surface area contributed by atoms with E-state index in [9.17, 15) is 4.79 Å². The molecule has 2 aromatic heterocycles. The van der Waals surface area contributed by atoms with Crippen molar-refractivity contribution in [3.63, 3.8) is 0 Å². The Labute approximate surface area is 162 Å². The van der Waals surface area contributed by atoms with Gasteiger partial charge < -0.3 is 14.4 Å². The van der Waals surface area contributed by atoms with Crippen LogP contribution in [0.15, 0.2) is 54.7 Å². The summed E-state index contributed by atoms with van der Waals surface area (Å²) in [6, 6.07) is 12.9. The highest BCUT2D eigenvalue weighted by Crippen LogP contribution is 2.19. The van der Waals surface area contributed by atoms with E-state index in [1.165, 1.54) is 6.08 Å². The lowest BCUT2D eigenvalue weighted by Crippen LogP contribution is -2.29. The van der Waals surface area contributed by atoms with Crippen LogP contribution < -0.4 is 9.47 Å². The van der Waals surface area contributed by atoms with Crippen LogP contribution in [0.2, 0.25) is 5.15 Å². The van der Waals surface area contributed by atoms with Crippen molar-refractivity contribution in [2.24, 2.45) is 0 Å². The predicted octanol–water partition coefficient (Wildman–Crippen LogP) is 3.55. The van der Waals surface area contributed by atoms with Gasteiger partial charge in [0.1, 0.15) is 23.8 Å². The molecule has 0 radical (unpaired) electrons. The second-order valence-corrected chi connectivity index (χ2v) is 6.19. The SMILES string of the molecule is COc1ccc(OCCN(C)C(=O)/C=C/c2c(Cl)nc3ccccn23)cc1. The zero-order chi connectivity index (χ0) is 19.2. The van der Waals surface area contributed by atoms with E-state index in [0.717, 1.165) is 17.1 Å². The number of fused-ring (bicyclic) bond motifs is 1. The number of hydrogen-bond acceptors (Lipinski definition) is 4. The van der Waals surface area contributed by atoms with Crippen molar-refractivity contribution in [1.29, 1.82) is 0 Å². The number of benzene rings is 1. The summed E-state index contributed by atoms with van der Waals surface area (Å²) < 4.78 is 12.6. The van der Waals surface area contributed by atoms with Crippen LogP contribution in [0.5, 0.6) is 11.5 Å². The summed E-state index contributed by atoms with van der Waals surface area (Å²) in [6.07, 6.45) is 5.01. The first-order chi connectivity index (χ1) is 13.1. The number of amides is 1. The minimum absolute atomic E-state index is 0.143. The fourth-order valence-electron chi connectivity index (χ4n) is 2.50. The summed E-state index contributed by atoms with van der Waals surface area (Å²) in [5, 5.41) is 0.357. The standard InChI is InChI=1S/C20H20ClN3O3/c1-23(13-14-27-16-8-6-15(26-2)7-9-16)19(25)11-10-17-20(21)22-18-5-3-4-12-24(17)18/h3-12H,13-14H2,1-2H3/b11-10+. The molecule has 0 N–H and O–H groups in total. The second-order valence-electron chi connectivity index (χ2n) is 5.83. The maximum Gasteiger partial charge on any atom is 0.246 e. The van der Waals surface area contributed by atoms with Gasteiger partial charge in [0, 0.05) is 19.3 Å². The molecule has 1 aromatic carbocycles. The molecular weight excluding hydrogens is 366 g/mol. The highest BCUT2D eigenvalue weighted by Gasteiger charge is 2.09. The Bertz CT molecular complexity index is 951. The van der Waals surface area contributed by atoms with Crippen LogP contribution in [-0.4, -0.2) is 47.5 Å². The first-order valence-electron chi connectivity index (χ1n) is 8.41. The summed E-state index contributed by atoms with van der Waals surface area (Å²) in [5.74, 6) is 1.35. The van der Waals surface area contributed by atoms with Crippen LogP contribution >= 0.6 is 11.6 Å². The quantitative estimate of drug-likeness (QED) is 0.584. The number of methoxy groups -OCH3 is 1. The first-order valence-corrected chi connectivity index (χ1v) is 8.79. The zero-order valence-corrected chi connectivity index (χ0v) is 15.9. The minimum atomic E-state index is -0.143. The summed E-state index contributed by atoms with van der Waals surface area (Å²) >= 11 is 6.17. The molecule has 7 heteroatoms. The van der Waals surface area contributed by atoms with Gasteiger partial charge >= 0.3 is 0 Å². The van der Waals surface area contributed by atoms with Crippen molar-refractivity contribution in [1.82, 2.24) is 14.3 Å². The van der Waals surface area contributed by atoms with E-state index in [4.69, 9.17) is 21.1 Å². The molecule has 0 aliphatic rings. The number of pyridine rings is 1. The molecule has 3 aromatic rings. The molecule has 0 unspecified atom stereocenters. The summed E-state index contributed by atoms with van der Waals surface area (Å²) in [4.78, 5) is 18.1. The molecule has 6 nitrogen and oxygen atoms in total. The smallest absolute Gasteiger partial charge is 0.246 e. The van der Waals surface area contributed by atoms with Gasteiger partial charge in [0.15, 0.2) is 5.15 Å². The number of imidazole rings is 1. The molecule has 0 aliphatic heterocycles. The number of hydrogen-bond donors (Lipinski definition) is 0. The lowest BCUT2D eigenvalue weighted by atomic mass is 10.3. The topological polar surface area (TPSA) is 56.1 Å². The Hall–Kier alpha value is -2.99. The van der Waals surface area contributed by atoms with Crippen LogP contribution in [0, 0.1) is 0 Å². The molecule has 0 fully saturated rings. The van der Waals surface area contributed by atoms with E-state index >= 15 is 0 Å². The Morgan fingerprint density at radius 3 is 2.70 bits per heavy atom. The van der Waals surface area contributed by atoms with Gasteiger partial charge in [-0.2, -0.15) is 0 Å². The van der Waals surface area contributed by atoms with Crippen molar-refractivity contribution < 1.29 is 14.3 Å². The summed E-state index contributed by atoms with van der Waals surface area (Å²) in [6.45, 7) is 0.842. The van der Waals surface area contributed by atoms with Crippen LogP contribution in [0.4, 0.5) is 0 Å². The van der Waals surface area contributed by atoms with Crippen LogP contribution in [0.3, 0.4) is 0 Å². The lowest BCUT2D eigenvalue weighted by Gasteiger charge is -2.15. The first kappa shape index (κ1) is 18.8. The highest BCUT2D eigenvalue weighted by atomic mass is 35.5. The normalized spacial score (nSPS) is 11.1. The van der Waals surface area contributed by atoms with E-state index < -0.39 is 0 Å². The number of likely N-dealkylation sites (N-methyl/N-ethyl adjacent to an activating group) is 1. The highest BCUT2D eigenvalue weighted by molar-refractivity contribution is 6.31.